The number of hydrogen-bond donors (Lipinski definition) is 1. The molecule has 4 aromatic carbocycles. The summed E-state index contributed by atoms with van der Waals surface area (Å²) >= 11 is 3.43. The highest BCUT2D eigenvalue weighted by Gasteiger charge is 2.12. The maximum atomic E-state index is 10.8. The quantitative estimate of drug-likeness (QED) is 0.261. The zero-order valence-electron chi connectivity index (χ0n) is 19.1. The first-order valence-electron chi connectivity index (χ1n) is 11.7. The molecule has 2 nitrogen and oxygen atoms in total. The van der Waals surface area contributed by atoms with Gasteiger partial charge in [-0.15, -0.1) is 22.7 Å². The molecule has 0 radical (unpaired) electrons. The highest BCUT2D eigenvalue weighted by Crippen LogP contribution is 2.42. The molecule has 172 valence electrons. The summed E-state index contributed by atoms with van der Waals surface area (Å²) in [7, 11) is 0. The molecular formula is C32H20O2S2. The predicted octanol–water partition coefficient (Wildman–Crippen LogP) is 10.1. The molecule has 7 aromatic rings. The Morgan fingerprint density at radius 2 is 1.22 bits per heavy atom. The normalized spacial score (nSPS) is 11.4. The Bertz CT molecular complexity index is 1790. The Labute approximate surface area is 216 Å². The molecule has 4 heteroatoms. The third-order valence-electron chi connectivity index (χ3n) is 6.46. The van der Waals surface area contributed by atoms with Crippen LogP contribution in [0.3, 0.4) is 0 Å². The number of rotatable bonds is 4. The van der Waals surface area contributed by atoms with Gasteiger partial charge in [-0.25, -0.2) is 0 Å². The smallest absolute Gasteiger partial charge is 0.135 e. The molecule has 0 atom stereocenters. The van der Waals surface area contributed by atoms with Crippen LogP contribution in [0.25, 0.3) is 63.7 Å². The number of thiophene rings is 2. The van der Waals surface area contributed by atoms with Gasteiger partial charge in [0.2, 0.25) is 0 Å². The molecule has 0 spiro atoms. The summed E-state index contributed by atoms with van der Waals surface area (Å²) in [5.74, 6) is 1.19. The van der Waals surface area contributed by atoms with Crippen LogP contribution >= 0.6 is 22.7 Å². The molecule has 0 bridgehead atoms. The van der Waals surface area contributed by atoms with Gasteiger partial charge in [0.15, 0.2) is 0 Å². The Hall–Kier alpha value is -4.12. The second kappa shape index (κ2) is 8.52. The van der Waals surface area contributed by atoms with Crippen molar-refractivity contribution < 1.29 is 9.52 Å². The van der Waals surface area contributed by atoms with Gasteiger partial charge in [0.05, 0.1) is 0 Å². The van der Waals surface area contributed by atoms with E-state index in [2.05, 4.69) is 72.8 Å². The minimum atomic E-state index is 0.309. The summed E-state index contributed by atoms with van der Waals surface area (Å²) in [4.78, 5) is 3.40. The van der Waals surface area contributed by atoms with E-state index in [9.17, 15) is 5.11 Å². The molecule has 36 heavy (non-hydrogen) atoms. The number of phenolic OH excluding ortho intramolecular Hbond substituents is 1. The molecule has 0 aliphatic carbocycles. The van der Waals surface area contributed by atoms with Crippen molar-refractivity contribution in [2.75, 3.05) is 0 Å². The highest BCUT2D eigenvalue weighted by molar-refractivity contribution is 7.22. The van der Waals surface area contributed by atoms with Crippen molar-refractivity contribution in [2.45, 2.75) is 0 Å². The summed E-state index contributed by atoms with van der Waals surface area (Å²) in [6.45, 7) is 0. The predicted molar refractivity (Wildman–Crippen MR) is 153 cm³/mol. The molecule has 0 unspecified atom stereocenters. The van der Waals surface area contributed by atoms with Crippen molar-refractivity contribution in [1.29, 1.82) is 0 Å². The molecule has 1 N–H and O–H groups in total. The summed E-state index contributed by atoms with van der Waals surface area (Å²) in [6.07, 6.45) is 0. The van der Waals surface area contributed by atoms with Gasteiger partial charge in [-0.1, -0.05) is 66.7 Å². The lowest BCUT2D eigenvalue weighted by molar-refractivity contribution is 0.478. The summed E-state index contributed by atoms with van der Waals surface area (Å²) in [5, 5.41) is 13.2. The molecule has 0 fully saturated rings. The van der Waals surface area contributed by atoms with Crippen LogP contribution in [0.4, 0.5) is 0 Å². The Morgan fingerprint density at radius 3 is 2.00 bits per heavy atom. The Balaban J connectivity index is 1.15. The van der Waals surface area contributed by atoms with Crippen LogP contribution in [0.5, 0.6) is 5.75 Å². The largest absolute Gasteiger partial charge is 0.507 e. The van der Waals surface area contributed by atoms with Crippen LogP contribution in [0.15, 0.2) is 120 Å². The lowest BCUT2D eigenvalue weighted by Crippen LogP contribution is -1.77. The van der Waals surface area contributed by atoms with Crippen LogP contribution in [0.2, 0.25) is 0 Å². The van der Waals surface area contributed by atoms with E-state index < -0.39 is 0 Å². The molecule has 3 aromatic heterocycles. The number of furan rings is 1. The van der Waals surface area contributed by atoms with Crippen molar-refractivity contribution in [2.24, 2.45) is 0 Å². The fraction of sp³-hybridized carbons (Fsp3) is 0. The van der Waals surface area contributed by atoms with Gasteiger partial charge in [-0.05, 0) is 65.0 Å². The molecule has 7 rings (SSSR count). The molecule has 0 amide bonds. The van der Waals surface area contributed by atoms with Crippen LogP contribution < -0.4 is 0 Å². The van der Waals surface area contributed by atoms with Crippen molar-refractivity contribution in [3.63, 3.8) is 0 Å². The van der Waals surface area contributed by atoms with E-state index in [1.807, 2.05) is 42.5 Å². The summed E-state index contributed by atoms with van der Waals surface area (Å²) < 4.78 is 7.24. The van der Waals surface area contributed by atoms with Crippen LogP contribution in [-0.2, 0) is 0 Å². The van der Waals surface area contributed by atoms with Crippen molar-refractivity contribution >= 4 is 43.7 Å². The fourth-order valence-electron chi connectivity index (χ4n) is 4.58. The zero-order valence-corrected chi connectivity index (χ0v) is 20.8. The van der Waals surface area contributed by atoms with E-state index in [1.165, 1.54) is 15.0 Å². The monoisotopic (exact) mass is 500 g/mol. The summed E-state index contributed by atoms with van der Waals surface area (Å²) in [6, 6.07) is 39.4. The maximum absolute atomic E-state index is 10.8. The minimum Gasteiger partial charge on any atom is -0.507 e. The highest BCUT2D eigenvalue weighted by atomic mass is 32.1. The minimum absolute atomic E-state index is 0.309. The summed E-state index contributed by atoms with van der Waals surface area (Å²) in [5.41, 5.74) is 5.03. The molecule has 0 aliphatic rings. The number of fused-ring (bicyclic) bond motifs is 2. The zero-order chi connectivity index (χ0) is 24.1. The fourth-order valence-corrected chi connectivity index (χ4v) is 6.68. The van der Waals surface area contributed by atoms with Gasteiger partial charge in [0.25, 0.3) is 0 Å². The first-order chi connectivity index (χ1) is 17.7. The van der Waals surface area contributed by atoms with Crippen LogP contribution in [0, 0.1) is 0 Å². The Kier molecular flexibility index (Phi) is 5.01. The third-order valence-corrected chi connectivity index (χ3v) is 8.79. The first-order valence-corrected chi connectivity index (χ1v) is 13.4. The molecule has 3 heterocycles. The van der Waals surface area contributed by atoms with E-state index in [0.29, 0.717) is 5.75 Å². The van der Waals surface area contributed by atoms with E-state index in [1.54, 1.807) is 22.7 Å². The third kappa shape index (κ3) is 3.72. The van der Waals surface area contributed by atoms with Gasteiger partial charge in [0.1, 0.15) is 17.1 Å². The van der Waals surface area contributed by atoms with E-state index >= 15 is 0 Å². The molecule has 0 saturated carbocycles. The molecular weight excluding hydrogens is 480 g/mol. The van der Waals surface area contributed by atoms with Gasteiger partial charge in [-0.3, -0.25) is 0 Å². The topological polar surface area (TPSA) is 33.4 Å². The van der Waals surface area contributed by atoms with E-state index in [-0.39, 0.29) is 0 Å². The van der Waals surface area contributed by atoms with Crippen molar-refractivity contribution in [3.8, 4) is 48.4 Å². The average Bonchev–Trinajstić information content (AvgIpc) is 3.66. The van der Waals surface area contributed by atoms with Gasteiger partial charge < -0.3 is 9.52 Å². The van der Waals surface area contributed by atoms with Gasteiger partial charge >= 0.3 is 0 Å². The second-order valence-electron chi connectivity index (χ2n) is 8.77. The second-order valence-corrected chi connectivity index (χ2v) is 10.9. The van der Waals surface area contributed by atoms with E-state index in [0.717, 1.165) is 48.7 Å². The van der Waals surface area contributed by atoms with Crippen molar-refractivity contribution in [1.82, 2.24) is 0 Å². The number of phenols is 1. The van der Waals surface area contributed by atoms with Crippen LogP contribution in [0.1, 0.15) is 0 Å². The number of hydrogen-bond acceptors (Lipinski definition) is 4. The average molecular weight is 501 g/mol. The lowest BCUT2D eigenvalue weighted by atomic mass is 10.1. The van der Waals surface area contributed by atoms with E-state index in [4.69, 9.17) is 4.42 Å². The number of aromatic hydroxyl groups is 1. The SMILES string of the molecule is Oc1cc(-c2ccc(-c3ccc(-c4cc5ccccc5o4)cc3)s2)ccc1-c1cc2ccccc2s1. The standard InChI is InChI=1S/C32H20O2S2/c33-26-17-24(13-14-25(26)32-19-23-6-2-4-8-29(23)36-32)31-16-15-30(35-31)21-11-9-20(10-12-21)28-18-22-5-1-3-7-27(22)34-28/h1-19,33H. The molecule has 0 aliphatic heterocycles. The first kappa shape index (κ1) is 21.2. The van der Waals surface area contributed by atoms with Crippen LogP contribution in [-0.4, -0.2) is 5.11 Å². The molecule has 0 saturated heterocycles. The Morgan fingerprint density at radius 1 is 0.528 bits per heavy atom. The van der Waals surface area contributed by atoms with Crippen molar-refractivity contribution in [3.05, 3.63) is 115 Å². The number of para-hydroxylation sites is 1. The van der Waals surface area contributed by atoms with Gasteiger partial charge in [0, 0.05) is 35.8 Å². The lowest BCUT2D eigenvalue weighted by Gasteiger charge is -2.05. The van der Waals surface area contributed by atoms with Gasteiger partial charge in [-0.2, -0.15) is 0 Å². The maximum Gasteiger partial charge on any atom is 0.135 e. The number of benzene rings is 4.